The first-order chi connectivity index (χ1) is 8.57. The van der Waals surface area contributed by atoms with Crippen molar-refractivity contribution >= 4 is 12.0 Å². The first-order valence-electron chi connectivity index (χ1n) is 5.89. The van der Waals surface area contributed by atoms with E-state index in [1.807, 2.05) is 0 Å². The second-order valence-electron chi connectivity index (χ2n) is 3.82. The lowest BCUT2D eigenvalue weighted by atomic mass is 10.1. The van der Waals surface area contributed by atoms with Crippen molar-refractivity contribution in [1.82, 2.24) is 10.6 Å². The van der Waals surface area contributed by atoms with Gasteiger partial charge in [-0.3, -0.25) is 4.79 Å². The maximum absolute atomic E-state index is 11.2. The van der Waals surface area contributed by atoms with Gasteiger partial charge in [0.05, 0.1) is 25.7 Å². The normalized spacial score (nSPS) is 11.9. The third-order valence-electron chi connectivity index (χ3n) is 2.25. The highest BCUT2D eigenvalue weighted by molar-refractivity contribution is 5.74. The zero-order valence-corrected chi connectivity index (χ0v) is 10.9. The van der Waals surface area contributed by atoms with Crippen molar-refractivity contribution in [2.45, 2.75) is 13.3 Å². The summed E-state index contributed by atoms with van der Waals surface area (Å²) >= 11 is 0. The average Bonchev–Trinajstić information content (AvgIpc) is 2.33. The van der Waals surface area contributed by atoms with Crippen LogP contribution in [-0.2, 0) is 14.3 Å². The van der Waals surface area contributed by atoms with Crippen molar-refractivity contribution < 1.29 is 24.2 Å². The number of hydrogen-bond acceptors (Lipinski definition) is 4. The minimum Gasteiger partial charge on any atom is -0.481 e. The Balaban J connectivity index is 3.35. The lowest BCUT2D eigenvalue weighted by Crippen LogP contribution is -2.38. The van der Waals surface area contributed by atoms with Crippen LogP contribution in [0, 0.1) is 5.92 Å². The highest BCUT2D eigenvalue weighted by atomic mass is 16.5. The molecule has 0 saturated carbocycles. The summed E-state index contributed by atoms with van der Waals surface area (Å²) in [4.78, 5) is 21.8. The molecular weight excluding hydrogens is 240 g/mol. The zero-order valence-electron chi connectivity index (χ0n) is 10.9. The van der Waals surface area contributed by atoms with Crippen LogP contribution in [0.1, 0.15) is 13.3 Å². The van der Waals surface area contributed by atoms with Gasteiger partial charge in [0.15, 0.2) is 0 Å². The van der Waals surface area contributed by atoms with Crippen molar-refractivity contribution in [1.29, 1.82) is 0 Å². The van der Waals surface area contributed by atoms with E-state index < -0.39 is 11.9 Å². The molecule has 0 fully saturated rings. The zero-order chi connectivity index (χ0) is 13.8. The van der Waals surface area contributed by atoms with Gasteiger partial charge in [-0.2, -0.15) is 0 Å². The van der Waals surface area contributed by atoms with Crippen molar-refractivity contribution in [3.05, 3.63) is 0 Å². The van der Waals surface area contributed by atoms with Crippen LogP contribution in [0.5, 0.6) is 0 Å². The Morgan fingerprint density at radius 2 is 1.83 bits per heavy atom. The first-order valence-corrected chi connectivity index (χ1v) is 5.89. The third-order valence-corrected chi connectivity index (χ3v) is 2.25. The Hall–Kier alpha value is -1.34. The van der Waals surface area contributed by atoms with E-state index in [1.54, 1.807) is 14.0 Å². The highest BCUT2D eigenvalue weighted by Crippen LogP contribution is 1.99. The molecule has 106 valence electrons. The van der Waals surface area contributed by atoms with Crippen LogP contribution < -0.4 is 10.6 Å². The number of ether oxygens (including phenoxy) is 2. The number of methoxy groups -OCH3 is 1. The molecule has 0 heterocycles. The van der Waals surface area contributed by atoms with Crippen LogP contribution in [0.2, 0.25) is 0 Å². The standard InChI is InChI=1S/C11H22N2O5/c1-9(10(14)15)3-4-12-11(16)13-5-6-18-8-7-17-2/h9H,3-8H2,1-2H3,(H,14,15)(H2,12,13,16). The monoisotopic (exact) mass is 262 g/mol. The molecule has 0 aliphatic rings. The number of amides is 2. The van der Waals surface area contributed by atoms with Crippen molar-refractivity contribution in [2.24, 2.45) is 5.92 Å². The Labute approximate surface area is 107 Å². The number of rotatable bonds is 10. The van der Waals surface area contributed by atoms with Crippen LogP contribution in [0.25, 0.3) is 0 Å². The summed E-state index contributed by atoms with van der Waals surface area (Å²) in [5.41, 5.74) is 0. The number of carboxylic acids is 1. The molecule has 0 aromatic carbocycles. The molecule has 0 aliphatic heterocycles. The van der Waals surface area contributed by atoms with Crippen LogP contribution >= 0.6 is 0 Å². The van der Waals surface area contributed by atoms with Crippen molar-refractivity contribution in [3.63, 3.8) is 0 Å². The first kappa shape index (κ1) is 16.7. The van der Waals surface area contributed by atoms with Crippen LogP contribution in [-0.4, -0.2) is 57.1 Å². The minimum atomic E-state index is -0.858. The summed E-state index contributed by atoms with van der Waals surface area (Å²) in [5.74, 6) is -1.31. The summed E-state index contributed by atoms with van der Waals surface area (Å²) in [6.45, 7) is 3.79. The molecule has 0 rings (SSSR count). The van der Waals surface area contributed by atoms with Gasteiger partial charge in [-0.05, 0) is 6.42 Å². The van der Waals surface area contributed by atoms with Crippen molar-refractivity contribution in [2.75, 3.05) is 40.0 Å². The van der Waals surface area contributed by atoms with E-state index in [9.17, 15) is 9.59 Å². The van der Waals surface area contributed by atoms with E-state index in [-0.39, 0.29) is 6.03 Å². The fourth-order valence-corrected chi connectivity index (χ4v) is 1.07. The lowest BCUT2D eigenvalue weighted by molar-refractivity contribution is -0.141. The molecule has 0 radical (unpaired) electrons. The predicted octanol–water partition coefficient (Wildman–Crippen LogP) is 0.0594. The van der Waals surface area contributed by atoms with Crippen LogP contribution in [0.15, 0.2) is 0 Å². The molecule has 0 aromatic heterocycles. The summed E-state index contributed by atoms with van der Waals surface area (Å²) in [7, 11) is 1.59. The van der Waals surface area contributed by atoms with Gasteiger partial charge in [-0.25, -0.2) is 4.79 Å². The predicted molar refractivity (Wildman–Crippen MR) is 65.5 cm³/mol. The molecular formula is C11H22N2O5. The summed E-state index contributed by atoms with van der Waals surface area (Å²) in [5, 5.41) is 13.8. The Kier molecular flexibility index (Phi) is 9.99. The van der Waals surface area contributed by atoms with Gasteiger partial charge in [0.25, 0.3) is 0 Å². The molecule has 0 spiro atoms. The number of nitrogens with one attached hydrogen (secondary N) is 2. The largest absolute Gasteiger partial charge is 0.481 e. The highest BCUT2D eigenvalue weighted by Gasteiger charge is 2.10. The molecule has 18 heavy (non-hydrogen) atoms. The van der Waals surface area contributed by atoms with E-state index in [4.69, 9.17) is 14.6 Å². The van der Waals surface area contributed by atoms with Gasteiger partial charge < -0.3 is 25.2 Å². The third kappa shape index (κ3) is 9.86. The van der Waals surface area contributed by atoms with Gasteiger partial charge in [0.1, 0.15) is 0 Å². The summed E-state index contributed by atoms with van der Waals surface area (Å²) in [6, 6.07) is -0.317. The number of aliphatic carboxylic acids is 1. The second-order valence-corrected chi connectivity index (χ2v) is 3.82. The number of hydrogen-bond donors (Lipinski definition) is 3. The summed E-state index contributed by atoms with van der Waals surface area (Å²) < 4.78 is 9.95. The maximum Gasteiger partial charge on any atom is 0.314 e. The number of carboxylic acid groups (broad SMARTS) is 1. The number of carbonyl (C=O) groups excluding carboxylic acids is 1. The quantitative estimate of drug-likeness (QED) is 0.484. The fourth-order valence-electron chi connectivity index (χ4n) is 1.07. The number of urea groups is 1. The van der Waals surface area contributed by atoms with Gasteiger partial charge >= 0.3 is 12.0 Å². The van der Waals surface area contributed by atoms with E-state index in [0.717, 1.165) is 0 Å². The Bertz CT molecular complexity index is 248. The minimum absolute atomic E-state index is 0.317. The average molecular weight is 262 g/mol. The maximum atomic E-state index is 11.2. The van der Waals surface area contributed by atoms with E-state index in [0.29, 0.717) is 39.3 Å². The van der Waals surface area contributed by atoms with Crippen molar-refractivity contribution in [3.8, 4) is 0 Å². The van der Waals surface area contributed by atoms with E-state index in [2.05, 4.69) is 10.6 Å². The van der Waals surface area contributed by atoms with Gasteiger partial charge in [-0.1, -0.05) is 6.92 Å². The molecule has 3 N–H and O–H groups in total. The summed E-state index contributed by atoms with van der Waals surface area (Å²) in [6.07, 6.45) is 0.410. The second kappa shape index (κ2) is 10.8. The number of carbonyl (C=O) groups is 2. The lowest BCUT2D eigenvalue weighted by Gasteiger charge is -2.09. The van der Waals surface area contributed by atoms with E-state index in [1.165, 1.54) is 0 Å². The SMILES string of the molecule is COCCOCCNC(=O)NCCC(C)C(=O)O. The van der Waals surface area contributed by atoms with E-state index >= 15 is 0 Å². The molecule has 7 nitrogen and oxygen atoms in total. The molecule has 7 heteroatoms. The molecule has 1 unspecified atom stereocenters. The Morgan fingerprint density at radius 3 is 2.44 bits per heavy atom. The topological polar surface area (TPSA) is 96.9 Å². The molecule has 0 saturated heterocycles. The van der Waals surface area contributed by atoms with Gasteiger partial charge in [0, 0.05) is 20.2 Å². The van der Waals surface area contributed by atoms with Crippen LogP contribution in [0.4, 0.5) is 4.79 Å². The molecule has 2 amide bonds. The smallest absolute Gasteiger partial charge is 0.314 e. The van der Waals surface area contributed by atoms with Gasteiger partial charge in [0.2, 0.25) is 0 Å². The molecule has 0 aromatic rings. The molecule has 1 atom stereocenters. The van der Waals surface area contributed by atoms with Gasteiger partial charge in [-0.15, -0.1) is 0 Å². The molecule has 0 aliphatic carbocycles. The van der Waals surface area contributed by atoms with Crippen LogP contribution in [0.3, 0.4) is 0 Å². The fraction of sp³-hybridized carbons (Fsp3) is 0.818. The molecule has 0 bridgehead atoms. The Morgan fingerprint density at radius 1 is 1.17 bits per heavy atom.